The third-order valence-electron chi connectivity index (χ3n) is 3.26. The maximum absolute atomic E-state index is 11.6. The molecule has 2 nitrogen and oxygen atoms in total. The second-order valence-electron chi connectivity index (χ2n) is 4.31. The van der Waals surface area contributed by atoms with Gasteiger partial charge in [-0.15, -0.1) is 0 Å². The third-order valence-corrected chi connectivity index (χ3v) is 3.46. The summed E-state index contributed by atoms with van der Waals surface area (Å²) in [7, 11) is 0. The lowest BCUT2D eigenvalue weighted by atomic mass is 9.95. The Morgan fingerprint density at radius 1 is 0.895 bits per heavy atom. The van der Waals surface area contributed by atoms with Gasteiger partial charge in [0.2, 0.25) is 0 Å². The maximum Gasteiger partial charge on any atom is 0.253 e. The second-order valence-corrected chi connectivity index (χ2v) is 4.65. The molecule has 0 fully saturated rings. The fourth-order valence-electron chi connectivity index (χ4n) is 2.45. The molecule has 0 spiro atoms. The highest BCUT2D eigenvalue weighted by atomic mass is 35.5. The maximum atomic E-state index is 11.6. The molecule has 0 saturated carbocycles. The number of aldehydes is 1. The molecular weight excluding hydrogens is 260 g/mol. The van der Waals surface area contributed by atoms with Gasteiger partial charge in [-0.2, -0.15) is 0 Å². The van der Waals surface area contributed by atoms with Crippen molar-refractivity contribution >= 4 is 44.7 Å². The van der Waals surface area contributed by atoms with Crippen LogP contribution < -0.4 is 0 Å². The molecule has 0 aliphatic rings. The van der Waals surface area contributed by atoms with Crippen LogP contribution in [0.4, 0.5) is 0 Å². The third kappa shape index (κ3) is 1.81. The molecule has 0 bridgehead atoms. The second kappa shape index (κ2) is 4.48. The van der Waals surface area contributed by atoms with E-state index in [1.54, 1.807) is 18.2 Å². The molecule has 0 unspecified atom stereocenters. The summed E-state index contributed by atoms with van der Waals surface area (Å²) in [6.07, 6.45) is 0.803. The number of hydrogen-bond acceptors (Lipinski definition) is 2. The van der Waals surface area contributed by atoms with Crippen LogP contribution in [0.2, 0.25) is 0 Å². The molecule has 0 aliphatic carbocycles. The number of carbonyl (C=O) groups is 2. The van der Waals surface area contributed by atoms with Crippen LogP contribution in [0.1, 0.15) is 20.7 Å². The highest BCUT2D eigenvalue weighted by molar-refractivity contribution is 6.69. The molecule has 0 aliphatic heterocycles. The minimum Gasteiger partial charge on any atom is -0.298 e. The van der Waals surface area contributed by atoms with E-state index in [4.69, 9.17) is 11.6 Å². The van der Waals surface area contributed by atoms with Gasteiger partial charge in [0.1, 0.15) is 0 Å². The zero-order valence-electron chi connectivity index (χ0n) is 9.89. The van der Waals surface area contributed by atoms with Gasteiger partial charge in [-0.1, -0.05) is 42.5 Å². The molecular formula is C16H9ClO2. The van der Waals surface area contributed by atoms with E-state index in [9.17, 15) is 9.59 Å². The molecule has 3 heteroatoms. The van der Waals surface area contributed by atoms with Gasteiger partial charge in [-0.3, -0.25) is 9.59 Å². The number of hydrogen-bond donors (Lipinski definition) is 0. The van der Waals surface area contributed by atoms with E-state index >= 15 is 0 Å². The Morgan fingerprint density at radius 3 is 2.16 bits per heavy atom. The Kier molecular flexibility index (Phi) is 2.80. The number of rotatable bonds is 2. The summed E-state index contributed by atoms with van der Waals surface area (Å²) in [5.74, 6) is 0. The summed E-state index contributed by atoms with van der Waals surface area (Å²) in [6.45, 7) is 0. The molecule has 3 rings (SSSR count). The molecule has 3 aromatic rings. The Balaban J connectivity index is 2.64. The van der Waals surface area contributed by atoms with Gasteiger partial charge < -0.3 is 0 Å². The molecule has 0 N–H and O–H groups in total. The molecule has 0 atom stereocenters. The summed E-state index contributed by atoms with van der Waals surface area (Å²) in [5, 5.41) is 2.82. The Hall–Kier alpha value is -2.19. The topological polar surface area (TPSA) is 34.1 Å². The number of fused-ring (bicyclic) bond motifs is 3. The van der Waals surface area contributed by atoms with Gasteiger partial charge in [-0.25, -0.2) is 0 Å². The quantitative estimate of drug-likeness (QED) is 0.397. The summed E-state index contributed by atoms with van der Waals surface area (Å²) in [5.41, 5.74) is 0.993. The Bertz CT molecular complexity index is 821. The van der Waals surface area contributed by atoms with Gasteiger partial charge in [0.15, 0.2) is 6.29 Å². The predicted octanol–water partition coefficient (Wildman–Crippen LogP) is 4.18. The highest BCUT2D eigenvalue weighted by Crippen LogP contribution is 2.31. The van der Waals surface area contributed by atoms with Gasteiger partial charge >= 0.3 is 0 Å². The van der Waals surface area contributed by atoms with Crippen molar-refractivity contribution < 1.29 is 9.59 Å². The van der Waals surface area contributed by atoms with E-state index in [-0.39, 0.29) is 0 Å². The number of halogens is 1. The zero-order valence-corrected chi connectivity index (χ0v) is 10.6. The normalized spacial score (nSPS) is 10.8. The van der Waals surface area contributed by atoms with E-state index in [1.165, 1.54) is 0 Å². The smallest absolute Gasteiger partial charge is 0.253 e. The van der Waals surface area contributed by atoms with Crippen molar-refractivity contribution in [3.05, 3.63) is 59.7 Å². The number of benzene rings is 3. The Labute approximate surface area is 114 Å². The van der Waals surface area contributed by atoms with Gasteiger partial charge in [0, 0.05) is 21.9 Å². The van der Waals surface area contributed by atoms with Crippen molar-refractivity contribution in [2.24, 2.45) is 0 Å². The first kappa shape index (κ1) is 11.9. The lowest BCUT2D eigenvalue weighted by Gasteiger charge is -2.09. The zero-order chi connectivity index (χ0) is 13.4. The molecule has 19 heavy (non-hydrogen) atoms. The summed E-state index contributed by atoms with van der Waals surface area (Å²) >= 11 is 5.65. The van der Waals surface area contributed by atoms with Gasteiger partial charge in [-0.05, 0) is 28.4 Å². The van der Waals surface area contributed by atoms with Crippen LogP contribution in [-0.4, -0.2) is 11.5 Å². The van der Waals surface area contributed by atoms with Gasteiger partial charge in [0.25, 0.3) is 5.24 Å². The molecule has 0 aromatic heterocycles. The fraction of sp³-hybridized carbons (Fsp3) is 0. The predicted molar refractivity (Wildman–Crippen MR) is 77.0 cm³/mol. The molecule has 0 heterocycles. The first-order valence-corrected chi connectivity index (χ1v) is 6.19. The van der Waals surface area contributed by atoms with Crippen molar-refractivity contribution in [1.82, 2.24) is 0 Å². The largest absolute Gasteiger partial charge is 0.298 e. The first-order chi connectivity index (χ1) is 9.22. The summed E-state index contributed by atoms with van der Waals surface area (Å²) in [4.78, 5) is 22.8. The van der Waals surface area contributed by atoms with Crippen LogP contribution in [0.3, 0.4) is 0 Å². The van der Waals surface area contributed by atoms with Crippen molar-refractivity contribution in [1.29, 1.82) is 0 Å². The average molecular weight is 269 g/mol. The van der Waals surface area contributed by atoms with Crippen molar-refractivity contribution in [3.8, 4) is 0 Å². The van der Waals surface area contributed by atoms with Crippen LogP contribution in [-0.2, 0) is 0 Å². The van der Waals surface area contributed by atoms with E-state index in [0.717, 1.165) is 27.8 Å². The minimum absolute atomic E-state index is 0.430. The van der Waals surface area contributed by atoms with Crippen LogP contribution in [0.5, 0.6) is 0 Å². The Morgan fingerprint density at radius 2 is 1.53 bits per heavy atom. The highest BCUT2D eigenvalue weighted by Gasteiger charge is 2.12. The molecule has 0 radical (unpaired) electrons. The van der Waals surface area contributed by atoms with Crippen molar-refractivity contribution in [2.75, 3.05) is 0 Å². The number of carbonyl (C=O) groups excluding carboxylic acids is 2. The van der Waals surface area contributed by atoms with Crippen LogP contribution in [0.15, 0.2) is 48.5 Å². The van der Waals surface area contributed by atoms with Crippen LogP contribution >= 0.6 is 11.6 Å². The lowest BCUT2D eigenvalue weighted by Crippen LogP contribution is -1.93. The van der Waals surface area contributed by atoms with Crippen LogP contribution in [0.25, 0.3) is 21.5 Å². The summed E-state index contributed by atoms with van der Waals surface area (Å²) < 4.78 is 0. The van der Waals surface area contributed by atoms with E-state index in [2.05, 4.69) is 0 Å². The fourth-order valence-corrected chi connectivity index (χ4v) is 2.60. The molecule has 3 aromatic carbocycles. The van der Waals surface area contributed by atoms with E-state index in [1.807, 2.05) is 30.3 Å². The van der Waals surface area contributed by atoms with Crippen molar-refractivity contribution in [3.63, 3.8) is 0 Å². The van der Waals surface area contributed by atoms with E-state index in [0.29, 0.717) is 11.1 Å². The summed E-state index contributed by atoms with van der Waals surface area (Å²) in [6, 6.07) is 14.7. The van der Waals surface area contributed by atoms with E-state index < -0.39 is 5.24 Å². The van der Waals surface area contributed by atoms with Gasteiger partial charge in [0.05, 0.1) is 0 Å². The molecule has 92 valence electrons. The lowest BCUT2D eigenvalue weighted by molar-refractivity contribution is 0.108. The first-order valence-electron chi connectivity index (χ1n) is 5.82. The average Bonchev–Trinajstić information content (AvgIpc) is 2.45. The molecule has 0 saturated heterocycles. The monoisotopic (exact) mass is 268 g/mol. The van der Waals surface area contributed by atoms with Crippen molar-refractivity contribution in [2.45, 2.75) is 0 Å². The standard InChI is InChI=1S/C16H9ClO2/c17-16(19)13-6-2-4-11-8-7-10-3-1-5-12(9-18)14(10)15(11)13/h1-9H. The van der Waals surface area contributed by atoms with Crippen LogP contribution in [0, 0.1) is 0 Å². The minimum atomic E-state index is -0.515. The molecule has 0 amide bonds. The SMILES string of the molecule is O=Cc1cccc2ccc3cccc(C(=O)Cl)c3c12.